The Labute approximate surface area is 189 Å². The van der Waals surface area contributed by atoms with E-state index in [9.17, 15) is 14.9 Å². The van der Waals surface area contributed by atoms with E-state index in [1.807, 2.05) is 25.1 Å². The molecule has 7 nitrogen and oxygen atoms in total. The van der Waals surface area contributed by atoms with Crippen LogP contribution in [0.2, 0.25) is 5.02 Å². The van der Waals surface area contributed by atoms with Gasteiger partial charge < -0.3 is 14.8 Å². The molecule has 10 heteroatoms. The number of nitrogens with one attached hydrogen (secondary N) is 1. The fraction of sp³-hybridized carbons (Fsp3) is 0.150. The molecule has 0 aliphatic heterocycles. The van der Waals surface area contributed by atoms with Gasteiger partial charge in [-0.2, -0.15) is 0 Å². The van der Waals surface area contributed by atoms with Crippen LogP contribution in [0, 0.1) is 10.1 Å². The Morgan fingerprint density at radius 1 is 1.27 bits per heavy atom. The van der Waals surface area contributed by atoms with Crippen molar-refractivity contribution in [2.45, 2.75) is 13.0 Å². The number of nitrogens with zero attached hydrogens (tertiary/aromatic N) is 1. The fourth-order valence-electron chi connectivity index (χ4n) is 2.71. The number of anilines is 2. The van der Waals surface area contributed by atoms with Gasteiger partial charge in [-0.15, -0.1) is 11.3 Å². The molecule has 3 rings (SSSR count). The summed E-state index contributed by atoms with van der Waals surface area (Å²) in [5.74, 6) is -0.277. The Morgan fingerprint density at radius 2 is 2.00 bits per heavy atom. The van der Waals surface area contributed by atoms with Crippen LogP contribution in [-0.4, -0.2) is 18.0 Å². The first-order chi connectivity index (χ1) is 14.3. The summed E-state index contributed by atoms with van der Waals surface area (Å²) in [5, 5.41) is 15.4. The summed E-state index contributed by atoms with van der Waals surface area (Å²) >= 11 is 10.5. The van der Waals surface area contributed by atoms with E-state index in [0.717, 1.165) is 16.9 Å². The maximum Gasteiger partial charge on any atom is 0.351 e. The van der Waals surface area contributed by atoms with E-state index in [1.54, 1.807) is 24.3 Å². The summed E-state index contributed by atoms with van der Waals surface area (Å²) in [6, 6.07) is 13.5. The van der Waals surface area contributed by atoms with Crippen molar-refractivity contribution in [1.82, 2.24) is 0 Å². The summed E-state index contributed by atoms with van der Waals surface area (Å²) in [7, 11) is 1.27. The molecule has 1 heterocycles. The van der Waals surface area contributed by atoms with Crippen molar-refractivity contribution in [2.75, 3.05) is 12.4 Å². The van der Waals surface area contributed by atoms with Crippen LogP contribution in [0.5, 0.6) is 5.75 Å². The lowest BCUT2D eigenvalue weighted by Gasteiger charge is -2.16. The maximum absolute atomic E-state index is 12.2. The Balaban J connectivity index is 1.93. The number of rotatable bonds is 7. The first-order valence-corrected chi connectivity index (χ1v) is 10.6. The van der Waals surface area contributed by atoms with E-state index in [1.165, 1.54) is 13.2 Å². The zero-order chi connectivity index (χ0) is 21.8. The molecule has 1 aromatic heterocycles. The number of carbonyl (C=O) groups is 1. The number of benzene rings is 2. The van der Waals surface area contributed by atoms with Gasteiger partial charge in [0.1, 0.15) is 17.5 Å². The first kappa shape index (κ1) is 22.1. The van der Waals surface area contributed by atoms with Crippen LogP contribution in [-0.2, 0) is 4.74 Å². The molecule has 3 aromatic rings. The van der Waals surface area contributed by atoms with Gasteiger partial charge in [0.25, 0.3) is 5.69 Å². The highest BCUT2D eigenvalue weighted by Crippen LogP contribution is 2.40. The summed E-state index contributed by atoms with van der Waals surface area (Å²) in [5.41, 5.74) is 0.940. The zero-order valence-corrected chi connectivity index (χ0v) is 19.0. The van der Waals surface area contributed by atoms with Gasteiger partial charge in [-0.25, -0.2) is 4.79 Å². The molecule has 1 N–H and O–H groups in total. The van der Waals surface area contributed by atoms with Gasteiger partial charge in [0.2, 0.25) is 0 Å². The molecule has 0 aliphatic rings. The molecule has 0 spiro atoms. The summed E-state index contributed by atoms with van der Waals surface area (Å²) in [6.07, 6.45) is -0.438. The lowest BCUT2D eigenvalue weighted by molar-refractivity contribution is -0.384. The Bertz CT molecular complexity index is 1100. The summed E-state index contributed by atoms with van der Waals surface area (Å²) in [6.45, 7) is 1.81. The number of hydrogen-bond acceptors (Lipinski definition) is 7. The highest BCUT2D eigenvalue weighted by molar-refractivity contribution is 9.10. The van der Waals surface area contributed by atoms with Crippen LogP contribution in [0.15, 0.2) is 53.0 Å². The number of halogens is 2. The van der Waals surface area contributed by atoms with Crippen LogP contribution in [0.1, 0.15) is 28.3 Å². The molecule has 0 radical (unpaired) electrons. The average molecular weight is 512 g/mol. The van der Waals surface area contributed by atoms with Gasteiger partial charge in [0.15, 0.2) is 4.88 Å². The van der Waals surface area contributed by atoms with Crippen molar-refractivity contribution in [3.63, 3.8) is 0 Å². The van der Waals surface area contributed by atoms with E-state index in [2.05, 4.69) is 21.2 Å². The molecule has 0 amide bonds. The Morgan fingerprint density at radius 3 is 2.67 bits per heavy atom. The Kier molecular flexibility index (Phi) is 6.96. The maximum atomic E-state index is 12.2. The standard InChI is InChI=1S/C20H16BrClN2O5S/c1-11(13-5-3-4-6-14(13)22)29-17-10-18(30-19(17)20(25)28-2)23-15-8-7-12(21)9-16(15)24(26)27/h3-11,23H,1-2H3. The van der Waals surface area contributed by atoms with Crippen molar-refractivity contribution in [1.29, 1.82) is 0 Å². The normalized spacial score (nSPS) is 11.6. The molecule has 0 aliphatic carbocycles. The molecule has 0 saturated heterocycles. The number of nitro benzene ring substituents is 1. The van der Waals surface area contributed by atoms with Gasteiger partial charge in [0, 0.05) is 27.2 Å². The van der Waals surface area contributed by atoms with Gasteiger partial charge in [-0.3, -0.25) is 10.1 Å². The third-order valence-corrected chi connectivity index (χ3v) is 5.98. The Hall–Kier alpha value is -2.62. The average Bonchev–Trinajstić information content (AvgIpc) is 3.10. The number of hydrogen-bond donors (Lipinski definition) is 1. The molecule has 156 valence electrons. The minimum atomic E-state index is -0.570. The van der Waals surface area contributed by atoms with E-state index < -0.39 is 17.0 Å². The van der Waals surface area contributed by atoms with Crippen molar-refractivity contribution >= 4 is 61.2 Å². The third-order valence-electron chi connectivity index (χ3n) is 4.13. The molecular weight excluding hydrogens is 496 g/mol. The van der Waals surface area contributed by atoms with Crippen molar-refractivity contribution in [3.05, 3.63) is 78.6 Å². The second-order valence-electron chi connectivity index (χ2n) is 6.12. The van der Waals surface area contributed by atoms with Gasteiger partial charge in [-0.1, -0.05) is 45.7 Å². The quantitative estimate of drug-likeness (QED) is 0.214. The molecule has 1 unspecified atom stereocenters. The molecule has 0 fully saturated rings. The monoisotopic (exact) mass is 510 g/mol. The fourth-order valence-corrected chi connectivity index (χ4v) is 4.27. The van der Waals surface area contributed by atoms with E-state index in [4.69, 9.17) is 21.1 Å². The molecule has 1 atom stereocenters. The third kappa shape index (κ3) is 4.92. The van der Waals surface area contributed by atoms with Crippen LogP contribution in [0.3, 0.4) is 0 Å². The lowest BCUT2D eigenvalue weighted by Crippen LogP contribution is -2.07. The number of carbonyl (C=O) groups excluding carboxylic acids is 1. The first-order valence-electron chi connectivity index (χ1n) is 8.64. The zero-order valence-electron chi connectivity index (χ0n) is 15.8. The second-order valence-corrected chi connectivity index (χ2v) is 8.50. The largest absolute Gasteiger partial charge is 0.484 e. The van der Waals surface area contributed by atoms with E-state index in [0.29, 0.717) is 20.2 Å². The highest BCUT2D eigenvalue weighted by Gasteiger charge is 2.23. The van der Waals surface area contributed by atoms with Gasteiger partial charge in [-0.05, 0) is 25.1 Å². The number of thiophene rings is 1. The molecule has 2 aromatic carbocycles. The van der Waals surface area contributed by atoms with Gasteiger partial charge >= 0.3 is 5.97 Å². The number of ether oxygens (including phenoxy) is 2. The van der Waals surface area contributed by atoms with Crippen LogP contribution in [0.25, 0.3) is 0 Å². The van der Waals surface area contributed by atoms with E-state index >= 15 is 0 Å². The van der Waals surface area contributed by atoms with Crippen molar-refractivity contribution < 1.29 is 19.2 Å². The summed E-state index contributed by atoms with van der Waals surface area (Å²) < 4.78 is 11.4. The van der Waals surface area contributed by atoms with Crippen LogP contribution in [0.4, 0.5) is 16.4 Å². The van der Waals surface area contributed by atoms with E-state index in [-0.39, 0.29) is 16.3 Å². The molecule has 0 bridgehead atoms. The van der Waals surface area contributed by atoms with Crippen molar-refractivity contribution in [2.24, 2.45) is 0 Å². The number of nitro groups is 1. The topological polar surface area (TPSA) is 90.7 Å². The lowest BCUT2D eigenvalue weighted by atomic mass is 10.1. The number of esters is 1. The summed E-state index contributed by atoms with van der Waals surface area (Å²) in [4.78, 5) is 23.4. The predicted molar refractivity (Wildman–Crippen MR) is 120 cm³/mol. The SMILES string of the molecule is COC(=O)c1sc(Nc2ccc(Br)cc2[N+](=O)[O-])cc1OC(C)c1ccccc1Cl. The minimum absolute atomic E-state index is 0.107. The van der Waals surface area contributed by atoms with Crippen LogP contribution >= 0.6 is 38.9 Å². The predicted octanol–water partition coefficient (Wildman–Crippen LogP) is 6.74. The van der Waals surface area contributed by atoms with Gasteiger partial charge in [0.05, 0.1) is 17.0 Å². The van der Waals surface area contributed by atoms with Crippen molar-refractivity contribution in [3.8, 4) is 5.75 Å². The smallest absolute Gasteiger partial charge is 0.351 e. The minimum Gasteiger partial charge on any atom is -0.484 e. The molecule has 0 saturated carbocycles. The highest BCUT2D eigenvalue weighted by atomic mass is 79.9. The second kappa shape index (κ2) is 9.46. The molecular formula is C20H16BrClN2O5S. The van der Waals surface area contributed by atoms with Crippen LogP contribution < -0.4 is 10.1 Å². The molecule has 30 heavy (non-hydrogen) atoms. The number of methoxy groups -OCH3 is 1.